The number of benzene rings is 2. The number of rotatable bonds is 10. The fourth-order valence-corrected chi connectivity index (χ4v) is 5.09. The van der Waals surface area contributed by atoms with Crippen molar-refractivity contribution in [2.75, 3.05) is 0 Å². The van der Waals surface area contributed by atoms with Crippen LogP contribution in [0.1, 0.15) is 43.4 Å². The summed E-state index contributed by atoms with van der Waals surface area (Å²) in [5.41, 5.74) is 2.59. The maximum Gasteiger partial charge on any atom is 0.243 e. The van der Waals surface area contributed by atoms with E-state index in [1.165, 1.54) is 0 Å². The Kier molecular flexibility index (Phi) is 8.09. The summed E-state index contributed by atoms with van der Waals surface area (Å²) in [6, 6.07) is 21.1. The Morgan fingerprint density at radius 3 is 2.29 bits per heavy atom. The van der Waals surface area contributed by atoms with Crippen molar-refractivity contribution in [3.63, 3.8) is 0 Å². The van der Waals surface area contributed by atoms with Crippen LogP contribution in [0, 0.1) is 5.41 Å². The first-order chi connectivity index (χ1) is 16.9. The van der Waals surface area contributed by atoms with Crippen LogP contribution >= 0.6 is 11.6 Å². The summed E-state index contributed by atoms with van der Waals surface area (Å²) in [5, 5.41) is 6.42. The van der Waals surface area contributed by atoms with Crippen LogP contribution in [0.15, 0.2) is 89.0 Å². The molecule has 0 unspecified atom stereocenters. The molecule has 5 nitrogen and oxygen atoms in total. The second kappa shape index (κ2) is 11.4. The minimum atomic E-state index is -0.721. The summed E-state index contributed by atoms with van der Waals surface area (Å²) >= 11 is 6.13. The van der Waals surface area contributed by atoms with E-state index in [1.807, 2.05) is 42.5 Å². The first-order valence-corrected chi connectivity index (χ1v) is 12.4. The lowest BCUT2D eigenvalue weighted by molar-refractivity contribution is -0.135. The molecule has 0 radical (unpaired) electrons. The Morgan fingerprint density at radius 1 is 0.971 bits per heavy atom. The maximum atomic E-state index is 13.5. The molecule has 1 atom stereocenters. The van der Waals surface area contributed by atoms with Gasteiger partial charge in [0.1, 0.15) is 11.8 Å². The highest BCUT2D eigenvalue weighted by molar-refractivity contribution is 6.29. The van der Waals surface area contributed by atoms with Crippen LogP contribution in [0.3, 0.4) is 0 Å². The van der Waals surface area contributed by atoms with Gasteiger partial charge in [-0.1, -0.05) is 85.6 Å². The van der Waals surface area contributed by atoms with Gasteiger partial charge in [-0.05, 0) is 48.1 Å². The predicted octanol–water partition coefficient (Wildman–Crippen LogP) is 5.99. The van der Waals surface area contributed by atoms with Crippen LogP contribution in [-0.4, -0.2) is 17.9 Å². The highest BCUT2D eigenvalue weighted by atomic mass is 35.5. The second-order valence-corrected chi connectivity index (χ2v) is 9.81. The number of carbonyl (C=O) groups excluding carboxylic acids is 2. The van der Waals surface area contributed by atoms with E-state index < -0.39 is 11.5 Å². The number of amides is 2. The lowest BCUT2D eigenvalue weighted by Gasteiger charge is -2.30. The van der Waals surface area contributed by atoms with Crippen LogP contribution in [-0.2, 0) is 22.6 Å². The molecule has 0 spiro atoms. The fourth-order valence-electron chi connectivity index (χ4n) is 4.83. The van der Waals surface area contributed by atoms with E-state index in [9.17, 15) is 9.59 Å². The zero-order chi connectivity index (χ0) is 24.7. The summed E-state index contributed by atoms with van der Waals surface area (Å²) in [6.45, 7) is 4.07. The number of allylic oxidation sites excluding steroid dienone is 1. The van der Waals surface area contributed by atoms with Crippen molar-refractivity contribution in [1.29, 1.82) is 0 Å². The van der Waals surface area contributed by atoms with E-state index in [1.54, 1.807) is 18.4 Å². The van der Waals surface area contributed by atoms with Crippen LogP contribution in [0.4, 0.5) is 0 Å². The molecule has 2 amide bonds. The Bertz CT molecular complexity index is 1130. The minimum Gasteiger partial charge on any atom is -0.467 e. The molecule has 1 aromatic heterocycles. The zero-order valence-corrected chi connectivity index (χ0v) is 20.5. The number of halogens is 1. The van der Waals surface area contributed by atoms with Crippen molar-refractivity contribution in [3.05, 3.63) is 95.9 Å². The molecule has 0 saturated heterocycles. The van der Waals surface area contributed by atoms with Crippen LogP contribution < -0.4 is 10.6 Å². The van der Waals surface area contributed by atoms with Crippen molar-refractivity contribution in [3.8, 4) is 11.1 Å². The molecule has 35 heavy (non-hydrogen) atoms. The van der Waals surface area contributed by atoms with Crippen LogP contribution in [0.5, 0.6) is 0 Å². The predicted molar refractivity (Wildman–Crippen MR) is 139 cm³/mol. The van der Waals surface area contributed by atoms with E-state index in [0.717, 1.165) is 42.4 Å². The third-order valence-electron chi connectivity index (χ3n) is 6.71. The molecule has 2 N–H and O–H groups in total. The average molecular weight is 491 g/mol. The van der Waals surface area contributed by atoms with E-state index in [4.69, 9.17) is 16.0 Å². The van der Waals surface area contributed by atoms with Gasteiger partial charge >= 0.3 is 0 Å². The molecule has 6 heteroatoms. The van der Waals surface area contributed by atoms with Gasteiger partial charge in [-0.2, -0.15) is 0 Å². The van der Waals surface area contributed by atoms with Gasteiger partial charge in [-0.15, -0.1) is 0 Å². The summed E-state index contributed by atoms with van der Waals surface area (Å²) in [6.07, 6.45) is 5.80. The Morgan fingerprint density at radius 2 is 1.66 bits per heavy atom. The highest BCUT2D eigenvalue weighted by Crippen LogP contribution is 2.43. The normalized spacial score (nSPS) is 15.3. The topological polar surface area (TPSA) is 71.3 Å². The average Bonchev–Trinajstić information content (AvgIpc) is 3.56. The van der Waals surface area contributed by atoms with Gasteiger partial charge in [0.2, 0.25) is 11.8 Å². The Hall–Kier alpha value is -3.31. The summed E-state index contributed by atoms with van der Waals surface area (Å²) < 4.78 is 5.33. The highest BCUT2D eigenvalue weighted by Gasteiger charge is 2.42. The second-order valence-electron chi connectivity index (χ2n) is 9.27. The van der Waals surface area contributed by atoms with Crippen LogP contribution in [0.2, 0.25) is 0 Å². The van der Waals surface area contributed by atoms with E-state index in [0.29, 0.717) is 23.6 Å². The lowest BCUT2D eigenvalue weighted by Crippen LogP contribution is -2.52. The monoisotopic (exact) mass is 490 g/mol. The summed E-state index contributed by atoms with van der Waals surface area (Å²) in [4.78, 5) is 26.7. The van der Waals surface area contributed by atoms with E-state index in [2.05, 4.69) is 29.3 Å². The van der Waals surface area contributed by atoms with Gasteiger partial charge in [0.15, 0.2) is 0 Å². The molecule has 1 aliphatic carbocycles. The molecular weight excluding hydrogens is 460 g/mol. The quantitative estimate of drug-likeness (QED) is 0.366. The van der Waals surface area contributed by atoms with Gasteiger partial charge in [0.05, 0.1) is 18.2 Å². The molecule has 2 aromatic carbocycles. The van der Waals surface area contributed by atoms with Gasteiger partial charge < -0.3 is 15.1 Å². The molecule has 1 saturated carbocycles. The van der Waals surface area contributed by atoms with Gasteiger partial charge in [0, 0.05) is 11.5 Å². The lowest BCUT2D eigenvalue weighted by atomic mass is 9.81. The maximum absolute atomic E-state index is 13.5. The molecule has 1 fully saturated rings. The number of hydrogen-bond acceptors (Lipinski definition) is 3. The smallest absolute Gasteiger partial charge is 0.243 e. The van der Waals surface area contributed by atoms with Crippen molar-refractivity contribution in [1.82, 2.24) is 10.6 Å². The molecule has 1 aliphatic rings. The number of nitrogens with one attached hydrogen (secondary N) is 2. The van der Waals surface area contributed by atoms with E-state index >= 15 is 0 Å². The van der Waals surface area contributed by atoms with Gasteiger partial charge in [-0.3, -0.25) is 9.59 Å². The molecule has 0 bridgehead atoms. The van der Waals surface area contributed by atoms with Crippen molar-refractivity contribution >= 4 is 23.4 Å². The molecule has 182 valence electrons. The molecule has 0 aliphatic heterocycles. The summed E-state index contributed by atoms with van der Waals surface area (Å²) in [7, 11) is 0. The van der Waals surface area contributed by atoms with Crippen LogP contribution in [0.25, 0.3) is 11.1 Å². The van der Waals surface area contributed by atoms with Crippen molar-refractivity contribution in [2.24, 2.45) is 5.41 Å². The molecule has 3 aromatic rings. The van der Waals surface area contributed by atoms with E-state index in [-0.39, 0.29) is 18.4 Å². The number of furan rings is 1. The first-order valence-electron chi connectivity index (χ1n) is 12.0. The number of carbonyl (C=O) groups is 2. The van der Waals surface area contributed by atoms with Crippen molar-refractivity contribution < 1.29 is 14.0 Å². The first kappa shape index (κ1) is 24.8. The molecule has 1 heterocycles. The fraction of sp³-hybridized carbons (Fsp3) is 0.310. The minimum absolute atomic E-state index is 0.129. The van der Waals surface area contributed by atoms with Gasteiger partial charge in [0.25, 0.3) is 0 Å². The Labute approximate surface area is 211 Å². The molecule has 4 rings (SSSR count). The standard InChI is InChI=1S/C29H31ClN2O3/c1-21(30)19-29(15-5-6-16-29)28(34)32-26(27(33)31-20-25-10-7-17-35-25)18-22-11-13-24(14-12-22)23-8-3-2-4-9-23/h2-4,7-14,17,26H,1,5-6,15-16,18-20H2,(H,31,33)(H,32,34)/t26-/m0/s1. The third-order valence-corrected chi connectivity index (χ3v) is 6.85. The Balaban J connectivity index is 1.51. The molecular formula is C29H31ClN2O3. The SMILES string of the molecule is C=C(Cl)CC1(C(=O)N[C@@H](Cc2ccc(-c3ccccc3)cc2)C(=O)NCc2ccco2)CCCC1. The number of hydrogen-bond donors (Lipinski definition) is 2. The summed E-state index contributed by atoms with van der Waals surface area (Å²) in [5.74, 6) is 0.275. The van der Waals surface area contributed by atoms with Gasteiger partial charge in [-0.25, -0.2) is 0 Å². The third kappa shape index (κ3) is 6.43. The zero-order valence-electron chi connectivity index (χ0n) is 19.8. The largest absolute Gasteiger partial charge is 0.467 e. The van der Waals surface area contributed by atoms with Crippen molar-refractivity contribution in [2.45, 2.75) is 51.1 Å².